The number of aryl methyl sites for hydroxylation is 1. The average molecular weight is 300 g/mol. The molecule has 0 amide bonds. The third-order valence-electron chi connectivity index (χ3n) is 3.19. The zero-order valence-electron chi connectivity index (χ0n) is 12.2. The molecule has 0 fully saturated rings. The Labute approximate surface area is 128 Å². The molecule has 0 N–H and O–H groups in total. The highest BCUT2D eigenvalue weighted by Gasteiger charge is 1.97. The summed E-state index contributed by atoms with van der Waals surface area (Å²) in [5.74, 6) is 0.886. The van der Waals surface area contributed by atoms with E-state index in [1.165, 1.54) is 5.56 Å². The maximum absolute atomic E-state index is 12.0. The van der Waals surface area contributed by atoms with Crippen LogP contribution in [0.15, 0.2) is 71.0 Å². The quantitative estimate of drug-likeness (QED) is 0.711. The molecule has 2 aromatic rings. The van der Waals surface area contributed by atoms with Crippen molar-refractivity contribution < 1.29 is 8.95 Å². The van der Waals surface area contributed by atoms with Crippen LogP contribution >= 0.6 is 0 Å². The molecule has 3 heteroatoms. The predicted octanol–water partition coefficient (Wildman–Crippen LogP) is 4.34. The number of methoxy groups -OCH3 is 1. The first-order chi connectivity index (χ1) is 10.3. The van der Waals surface area contributed by atoms with Gasteiger partial charge < -0.3 is 4.74 Å². The van der Waals surface area contributed by atoms with Crippen molar-refractivity contribution in [3.63, 3.8) is 0 Å². The van der Waals surface area contributed by atoms with E-state index in [-0.39, 0.29) is 0 Å². The fourth-order valence-corrected chi connectivity index (χ4v) is 2.90. The van der Waals surface area contributed by atoms with Gasteiger partial charge in [0.1, 0.15) is 5.75 Å². The van der Waals surface area contributed by atoms with E-state index in [9.17, 15) is 4.21 Å². The van der Waals surface area contributed by atoms with Crippen LogP contribution in [0.4, 0.5) is 0 Å². The molecule has 0 radical (unpaired) electrons. The summed E-state index contributed by atoms with van der Waals surface area (Å²) in [5, 5.41) is 1.78. The van der Waals surface area contributed by atoms with Gasteiger partial charge in [0.25, 0.3) is 0 Å². The van der Waals surface area contributed by atoms with Gasteiger partial charge in [-0.05, 0) is 49.1 Å². The Morgan fingerprint density at radius 3 is 2.43 bits per heavy atom. The lowest BCUT2D eigenvalue weighted by molar-refractivity contribution is 0.414. The van der Waals surface area contributed by atoms with Crippen molar-refractivity contribution in [2.75, 3.05) is 7.11 Å². The van der Waals surface area contributed by atoms with E-state index >= 15 is 0 Å². The van der Waals surface area contributed by atoms with Crippen molar-refractivity contribution in [3.8, 4) is 5.75 Å². The molecule has 0 aromatic heterocycles. The van der Waals surface area contributed by atoms with Gasteiger partial charge in [0.2, 0.25) is 0 Å². The molecule has 0 spiro atoms. The molecule has 0 saturated heterocycles. The van der Waals surface area contributed by atoms with E-state index in [1.807, 2.05) is 48.5 Å². The van der Waals surface area contributed by atoms with Gasteiger partial charge in [0.05, 0.1) is 17.9 Å². The molecule has 21 heavy (non-hydrogen) atoms. The predicted molar refractivity (Wildman–Crippen MR) is 87.9 cm³/mol. The molecule has 110 valence electrons. The Kier molecular flexibility index (Phi) is 6.22. The highest BCUT2D eigenvalue weighted by molar-refractivity contribution is 7.88. The van der Waals surface area contributed by atoms with E-state index in [0.717, 1.165) is 29.9 Å². The van der Waals surface area contributed by atoms with Crippen LogP contribution in [0.5, 0.6) is 5.75 Å². The van der Waals surface area contributed by atoms with Gasteiger partial charge in [-0.1, -0.05) is 36.4 Å². The largest absolute Gasteiger partial charge is 0.497 e. The minimum absolute atomic E-state index is 0.851. The molecule has 2 nitrogen and oxygen atoms in total. The molecule has 1 unspecified atom stereocenters. The molecule has 2 aromatic carbocycles. The second-order valence-corrected chi connectivity index (χ2v) is 6.06. The number of hydrogen-bond acceptors (Lipinski definition) is 2. The summed E-state index contributed by atoms with van der Waals surface area (Å²) in [5.41, 5.74) is 1.30. The van der Waals surface area contributed by atoms with E-state index in [2.05, 4.69) is 12.1 Å². The van der Waals surface area contributed by atoms with Crippen LogP contribution in [-0.4, -0.2) is 11.3 Å². The van der Waals surface area contributed by atoms with Crippen LogP contribution in [0.1, 0.15) is 18.4 Å². The first-order valence-corrected chi connectivity index (χ1v) is 8.26. The van der Waals surface area contributed by atoms with Crippen molar-refractivity contribution in [3.05, 3.63) is 71.6 Å². The van der Waals surface area contributed by atoms with Crippen LogP contribution in [0.25, 0.3) is 0 Å². The van der Waals surface area contributed by atoms with Gasteiger partial charge in [0, 0.05) is 10.3 Å². The molecule has 0 saturated carbocycles. The number of ether oxygens (including phenoxy) is 1. The highest BCUT2D eigenvalue weighted by Crippen LogP contribution is 2.13. The number of allylic oxidation sites excluding steroid dienone is 1. The molecular formula is C18H20O2S. The van der Waals surface area contributed by atoms with Gasteiger partial charge in [0.15, 0.2) is 0 Å². The Hall–Kier alpha value is -1.87. The molecular weight excluding hydrogens is 280 g/mol. The van der Waals surface area contributed by atoms with Crippen LogP contribution in [0.2, 0.25) is 0 Å². The first-order valence-electron chi connectivity index (χ1n) is 7.05. The Morgan fingerprint density at radius 2 is 1.76 bits per heavy atom. The first kappa shape index (κ1) is 15.5. The SMILES string of the molecule is COc1ccc(CCC/C=C\S(=O)c2ccccc2)cc1. The lowest BCUT2D eigenvalue weighted by Crippen LogP contribution is -1.87. The van der Waals surface area contributed by atoms with Crippen LogP contribution in [-0.2, 0) is 17.2 Å². The molecule has 0 aliphatic rings. The molecule has 2 rings (SSSR count). The highest BCUT2D eigenvalue weighted by atomic mass is 32.2. The standard InChI is InChI=1S/C18H20O2S/c1-20-17-13-11-16(12-14-17)8-4-3-7-15-21(19)18-9-5-2-6-10-18/h2,5-7,9-15H,3-4,8H2,1H3/b15-7-. The Balaban J connectivity index is 1.74. The van der Waals surface area contributed by atoms with E-state index in [1.54, 1.807) is 12.5 Å². The lowest BCUT2D eigenvalue weighted by Gasteiger charge is -2.02. The van der Waals surface area contributed by atoms with Gasteiger partial charge in [-0.2, -0.15) is 0 Å². The fourth-order valence-electron chi connectivity index (χ4n) is 2.00. The number of unbranched alkanes of at least 4 members (excludes halogenated alkanes) is 1. The Morgan fingerprint density at radius 1 is 1.05 bits per heavy atom. The summed E-state index contributed by atoms with van der Waals surface area (Å²) in [6, 6.07) is 17.7. The minimum Gasteiger partial charge on any atom is -0.497 e. The molecule has 0 aliphatic heterocycles. The number of hydrogen-bond donors (Lipinski definition) is 0. The van der Waals surface area contributed by atoms with E-state index in [4.69, 9.17) is 4.74 Å². The maximum Gasteiger partial charge on any atom is 0.118 e. The van der Waals surface area contributed by atoms with Crippen molar-refractivity contribution in [2.45, 2.75) is 24.2 Å². The average Bonchev–Trinajstić information content (AvgIpc) is 2.55. The zero-order valence-corrected chi connectivity index (χ0v) is 13.0. The summed E-state index contributed by atoms with van der Waals surface area (Å²) in [6.07, 6.45) is 5.01. The zero-order chi connectivity index (χ0) is 14.9. The normalized spacial score (nSPS) is 12.4. The monoisotopic (exact) mass is 300 g/mol. The summed E-state index contributed by atoms with van der Waals surface area (Å²) in [4.78, 5) is 0.851. The Bertz CT molecular complexity index is 588. The second-order valence-electron chi connectivity index (χ2n) is 4.72. The number of benzene rings is 2. The van der Waals surface area contributed by atoms with Crippen molar-refractivity contribution in [1.82, 2.24) is 0 Å². The van der Waals surface area contributed by atoms with Crippen molar-refractivity contribution in [1.29, 1.82) is 0 Å². The topological polar surface area (TPSA) is 26.3 Å². The van der Waals surface area contributed by atoms with Crippen LogP contribution < -0.4 is 4.74 Å². The molecule has 1 atom stereocenters. The van der Waals surface area contributed by atoms with Crippen LogP contribution in [0.3, 0.4) is 0 Å². The summed E-state index contributed by atoms with van der Waals surface area (Å²) >= 11 is 0. The smallest absolute Gasteiger partial charge is 0.118 e. The van der Waals surface area contributed by atoms with Crippen molar-refractivity contribution >= 4 is 10.8 Å². The minimum atomic E-state index is -1.03. The van der Waals surface area contributed by atoms with E-state index in [0.29, 0.717) is 0 Å². The van der Waals surface area contributed by atoms with Gasteiger partial charge >= 0.3 is 0 Å². The third kappa shape index (κ3) is 5.20. The molecule has 0 heterocycles. The lowest BCUT2D eigenvalue weighted by atomic mass is 10.1. The van der Waals surface area contributed by atoms with Gasteiger partial charge in [-0.15, -0.1) is 0 Å². The summed E-state index contributed by atoms with van der Waals surface area (Å²) in [7, 11) is 0.640. The number of rotatable bonds is 7. The van der Waals surface area contributed by atoms with Crippen molar-refractivity contribution in [2.24, 2.45) is 0 Å². The maximum atomic E-state index is 12.0. The molecule has 0 aliphatic carbocycles. The van der Waals surface area contributed by atoms with E-state index < -0.39 is 10.8 Å². The second kappa shape index (κ2) is 8.42. The van der Waals surface area contributed by atoms with Gasteiger partial charge in [-0.3, -0.25) is 0 Å². The van der Waals surface area contributed by atoms with Crippen LogP contribution in [0, 0.1) is 0 Å². The third-order valence-corrected chi connectivity index (χ3v) is 4.37. The fraction of sp³-hybridized carbons (Fsp3) is 0.222. The van der Waals surface area contributed by atoms with Gasteiger partial charge in [-0.25, -0.2) is 4.21 Å². The summed E-state index contributed by atoms with van der Waals surface area (Å²) in [6.45, 7) is 0. The molecule has 0 bridgehead atoms. The summed E-state index contributed by atoms with van der Waals surface area (Å²) < 4.78 is 17.1.